The number of aromatic carboxylic acids is 1. The van der Waals surface area contributed by atoms with Crippen LogP contribution in [0.3, 0.4) is 0 Å². The number of benzene rings is 1. The lowest BCUT2D eigenvalue weighted by atomic mass is 9.95. The fourth-order valence-electron chi connectivity index (χ4n) is 3.18. The van der Waals surface area contributed by atoms with Gasteiger partial charge >= 0.3 is 5.97 Å². The summed E-state index contributed by atoms with van der Waals surface area (Å²) in [5.41, 5.74) is 1.77. The molecule has 0 spiro atoms. The van der Waals surface area contributed by atoms with Crippen LogP contribution in [-0.4, -0.2) is 38.3 Å². The van der Waals surface area contributed by atoms with Crippen molar-refractivity contribution in [2.75, 3.05) is 0 Å². The standard InChI is InChI=1S/C13H13N3O3/c17-13(18)7-1-3-9-10(5-7)16(15-14-9)11-6-8-2-4-12(11)19-8/h1,3,5,8,11-12H,2,4,6H2,(H,17,18). The number of hydrogen-bond acceptors (Lipinski definition) is 4. The molecule has 4 rings (SSSR count). The Morgan fingerprint density at radius 2 is 2.32 bits per heavy atom. The van der Waals surface area contributed by atoms with Gasteiger partial charge in [0.15, 0.2) is 0 Å². The molecule has 1 aromatic heterocycles. The zero-order valence-electron chi connectivity index (χ0n) is 10.2. The first kappa shape index (κ1) is 10.9. The van der Waals surface area contributed by atoms with E-state index in [1.54, 1.807) is 18.2 Å². The fraction of sp³-hybridized carbons (Fsp3) is 0.462. The topological polar surface area (TPSA) is 77.2 Å². The first-order chi connectivity index (χ1) is 9.22. The molecule has 3 unspecified atom stereocenters. The van der Waals surface area contributed by atoms with E-state index in [0.29, 0.717) is 6.10 Å². The first-order valence-electron chi connectivity index (χ1n) is 6.46. The van der Waals surface area contributed by atoms with Gasteiger partial charge in [-0.1, -0.05) is 5.21 Å². The molecule has 0 amide bonds. The van der Waals surface area contributed by atoms with Crippen molar-refractivity contribution in [3.8, 4) is 0 Å². The van der Waals surface area contributed by atoms with E-state index < -0.39 is 5.97 Å². The normalized spacial score (nSPS) is 29.2. The number of nitrogens with zero attached hydrogens (tertiary/aromatic N) is 3. The quantitative estimate of drug-likeness (QED) is 0.886. The molecule has 98 valence electrons. The number of carbonyl (C=O) groups is 1. The van der Waals surface area contributed by atoms with Crippen molar-refractivity contribution in [2.45, 2.75) is 37.5 Å². The summed E-state index contributed by atoms with van der Waals surface area (Å²) in [4.78, 5) is 11.1. The van der Waals surface area contributed by atoms with Gasteiger partial charge < -0.3 is 9.84 Å². The molecule has 2 aromatic rings. The summed E-state index contributed by atoms with van der Waals surface area (Å²) in [6.07, 6.45) is 3.64. The summed E-state index contributed by atoms with van der Waals surface area (Å²) in [5.74, 6) is -0.932. The Morgan fingerprint density at radius 3 is 3.00 bits per heavy atom. The summed E-state index contributed by atoms with van der Waals surface area (Å²) in [5, 5.41) is 17.4. The molecule has 2 bridgehead atoms. The van der Waals surface area contributed by atoms with E-state index in [1.807, 2.05) is 4.68 Å². The number of aromatic nitrogens is 3. The van der Waals surface area contributed by atoms with Crippen LogP contribution in [0.5, 0.6) is 0 Å². The summed E-state index contributed by atoms with van der Waals surface area (Å²) < 4.78 is 7.67. The Kier molecular flexibility index (Phi) is 2.17. The van der Waals surface area contributed by atoms with Crippen molar-refractivity contribution < 1.29 is 14.6 Å². The van der Waals surface area contributed by atoms with Crippen molar-refractivity contribution in [3.63, 3.8) is 0 Å². The van der Waals surface area contributed by atoms with Gasteiger partial charge in [0.25, 0.3) is 0 Å². The molecule has 2 aliphatic rings. The molecule has 0 aliphatic carbocycles. The van der Waals surface area contributed by atoms with Crippen LogP contribution < -0.4 is 0 Å². The van der Waals surface area contributed by atoms with Crippen LogP contribution in [0, 0.1) is 0 Å². The molecule has 1 N–H and O–H groups in total. The Labute approximate surface area is 109 Å². The van der Waals surface area contributed by atoms with Crippen molar-refractivity contribution in [1.29, 1.82) is 0 Å². The molecule has 2 saturated heterocycles. The third-order valence-electron chi connectivity index (χ3n) is 4.11. The van der Waals surface area contributed by atoms with Crippen LogP contribution >= 0.6 is 0 Å². The monoisotopic (exact) mass is 259 g/mol. The highest BCUT2D eigenvalue weighted by Gasteiger charge is 2.42. The van der Waals surface area contributed by atoms with E-state index >= 15 is 0 Å². The Balaban J connectivity index is 1.81. The van der Waals surface area contributed by atoms with Gasteiger partial charge in [0.2, 0.25) is 0 Å². The average molecular weight is 259 g/mol. The Hall–Kier alpha value is -1.95. The van der Waals surface area contributed by atoms with E-state index in [4.69, 9.17) is 9.84 Å². The van der Waals surface area contributed by atoms with Crippen LogP contribution in [0.15, 0.2) is 18.2 Å². The highest BCUT2D eigenvalue weighted by atomic mass is 16.5. The third-order valence-corrected chi connectivity index (χ3v) is 4.11. The van der Waals surface area contributed by atoms with E-state index in [9.17, 15) is 4.79 Å². The van der Waals surface area contributed by atoms with Crippen molar-refractivity contribution >= 4 is 17.0 Å². The molecule has 0 saturated carbocycles. The Morgan fingerprint density at radius 1 is 1.42 bits per heavy atom. The van der Waals surface area contributed by atoms with Crippen LogP contribution in [0.4, 0.5) is 0 Å². The number of ether oxygens (including phenoxy) is 1. The van der Waals surface area contributed by atoms with Gasteiger partial charge in [-0.25, -0.2) is 9.48 Å². The molecule has 3 atom stereocenters. The maximum atomic E-state index is 11.1. The number of carboxylic acid groups (broad SMARTS) is 1. The zero-order valence-corrected chi connectivity index (χ0v) is 10.2. The second-order valence-electron chi connectivity index (χ2n) is 5.22. The summed E-state index contributed by atoms with van der Waals surface area (Å²) in [7, 11) is 0. The van der Waals surface area contributed by atoms with Gasteiger partial charge in [0.1, 0.15) is 5.52 Å². The molecule has 6 heteroatoms. The summed E-state index contributed by atoms with van der Waals surface area (Å²) in [6.45, 7) is 0. The molecule has 2 fully saturated rings. The van der Waals surface area contributed by atoms with Gasteiger partial charge in [-0.2, -0.15) is 0 Å². The minimum absolute atomic E-state index is 0.188. The molecule has 3 heterocycles. The van der Waals surface area contributed by atoms with Crippen molar-refractivity contribution in [3.05, 3.63) is 23.8 Å². The van der Waals surface area contributed by atoms with Crippen LogP contribution in [-0.2, 0) is 4.74 Å². The predicted octanol–water partition coefficient (Wildman–Crippen LogP) is 1.62. The Bertz CT molecular complexity index is 666. The molecule has 1 aromatic carbocycles. The molecule has 2 aliphatic heterocycles. The second kappa shape index (κ2) is 3.77. The minimum Gasteiger partial charge on any atom is -0.478 e. The molecule has 6 nitrogen and oxygen atoms in total. The molecule has 0 radical (unpaired) electrons. The van der Waals surface area contributed by atoms with Crippen LogP contribution in [0.1, 0.15) is 35.7 Å². The predicted molar refractivity (Wildman–Crippen MR) is 66.0 cm³/mol. The zero-order chi connectivity index (χ0) is 13.0. The maximum absolute atomic E-state index is 11.1. The van der Waals surface area contributed by atoms with E-state index in [0.717, 1.165) is 30.3 Å². The lowest BCUT2D eigenvalue weighted by Crippen LogP contribution is -2.22. The highest BCUT2D eigenvalue weighted by Crippen LogP contribution is 2.42. The van der Waals surface area contributed by atoms with Gasteiger partial charge in [-0.3, -0.25) is 0 Å². The number of hydrogen-bond donors (Lipinski definition) is 1. The molecular formula is C13H13N3O3. The van der Waals surface area contributed by atoms with Gasteiger partial charge in [-0.15, -0.1) is 5.10 Å². The molecular weight excluding hydrogens is 246 g/mol. The van der Waals surface area contributed by atoms with Crippen molar-refractivity contribution in [1.82, 2.24) is 15.0 Å². The van der Waals surface area contributed by atoms with Gasteiger partial charge in [-0.05, 0) is 37.5 Å². The second-order valence-corrected chi connectivity index (χ2v) is 5.22. The fourth-order valence-corrected chi connectivity index (χ4v) is 3.18. The molecule has 19 heavy (non-hydrogen) atoms. The number of carboxylic acids is 1. The lowest BCUT2D eigenvalue weighted by Gasteiger charge is -2.19. The van der Waals surface area contributed by atoms with E-state index in [1.165, 1.54) is 0 Å². The highest BCUT2D eigenvalue weighted by molar-refractivity contribution is 5.92. The van der Waals surface area contributed by atoms with E-state index in [2.05, 4.69) is 10.3 Å². The van der Waals surface area contributed by atoms with Crippen molar-refractivity contribution in [2.24, 2.45) is 0 Å². The summed E-state index contributed by atoms with van der Waals surface area (Å²) in [6, 6.07) is 5.09. The maximum Gasteiger partial charge on any atom is 0.335 e. The van der Waals surface area contributed by atoms with Gasteiger partial charge in [0, 0.05) is 0 Å². The number of fused-ring (bicyclic) bond motifs is 3. The average Bonchev–Trinajstić information content (AvgIpc) is 3.11. The lowest BCUT2D eigenvalue weighted by molar-refractivity contribution is 0.0697. The first-order valence-corrected chi connectivity index (χ1v) is 6.46. The summed E-state index contributed by atoms with van der Waals surface area (Å²) >= 11 is 0. The minimum atomic E-state index is -0.932. The smallest absolute Gasteiger partial charge is 0.335 e. The van der Waals surface area contributed by atoms with Gasteiger partial charge in [0.05, 0.1) is 29.3 Å². The third kappa shape index (κ3) is 1.56. The van der Waals surface area contributed by atoms with Crippen LogP contribution in [0.25, 0.3) is 11.0 Å². The number of rotatable bonds is 2. The largest absolute Gasteiger partial charge is 0.478 e. The SMILES string of the molecule is O=C(O)c1ccc2nnn(C3CC4CCC3O4)c2c1. The van der Waals surface area contributed by atoms with Crippen LogP contribution in [0.2, 0.25) is 0 Å². The van der Waals surface area contributed by atoms with E-state index in [-0.39, 0.29) is 17.7 Å².